The Balaban J connectivity index is 2.28. The topological polar surface area (TPSA) is 60.7 Å². The lowest BCUT2D eigenvalue weighted by atomic mass is 10.1. The molecule has 0 unspecified atom stereocenters. The van der Waals surface area contributed by atoms with Gasteiger partial charge in [0.25, 0.3) is 5.56 Å². The van der Waals surface area contributed by atoms with E-state index in [1.165, 1.54) is 15.7 Å². The Morgan fingerprint density at radius 1 is 1.06 bits per heavy atom. The normalized spacial score (nSPS) is 11.6. The summed E-state index contributed by atoms with van der Waals surface area (Å²) in [4.78, 5) is 13.0. The summed E-state index contributed by atoms with van der Waals surface area (Å²) in [5.74, 6) is 0.798. The summed E-state index contributed by atoms with van der Waals surface area (Å²) in [5, 5.41) is 10.6. The molecule has 0 saturated heterocycles. The largest absolute Gasteiger partial charge is 0.508 e. The van der Waals surface area contributed by atoms with E-state index in [-0.39, 0.29) is 17.1 Å². The number of pyridine rings is 1. The van der Waals surface area contributed by atoms with Gasteiger partial charge in [-0.1, -0.05) is 43.4 Å². The highest BCUT2D eigenvalue weighted by Crippen LogP contribution is 2.34. The summed E-state index contributed by atoms with van der Waals surface area (Å²) < 4.78 is 13.5. The first-order chi connectivity index (χ1) is 14.8. The molecule has 170 valence electrons. The van der Waals surface area contributed by atoms with Crippen molar-refractivity contribution < 1.29 is 14.6 Å². The fraction of sp³-hybridized carbons (Fsp3) is 0.500. The molecule has 0 spiro atoms. The molecule has 5 nitrogen and oxygen atoms in total. The van der Waals surface area contributed by atoms with Crippen LogP contribution in [0.15, 0.2) is 46.3 Å². The van der Waals surface area contributed by atoms with Crippen molar-refractivity contribution in [2.24, 2.45) is 7.05 Å². The van der Waals surface area contributed by atoms with Crippen molar-refractivity contribution in [2.45, 2.75) is 66.2 Å². The van der Waals surface area contributed by atoms with Crippen LogP contribution in [-0.2, 0) is 7.05 Å². The summed E-state index contributed by atoms with van der Waals surface area (Å²) in [7, 11) is 1.69. The minimum absolute atomic E-state index is 0.108. The van der Waals surface area contributed by atoms with Crippen molar-refractivity contribution >= 4 is 10.9 Å². The van der Waals surface area contributed by atoms with E-state index in [1.54, 1.807) is 25.2 Å². The summed E-state index contributed by atoms with van der Waals surface area (Å²) >= 11 is 0. The van der Waals surface area contributed by atoms with Crippen molar-refractivity contribution in [1.29, 1.82) is 0 Å². The molecule has 1 heterocycles. The molecule has 0 radical (unpaired) electrons. The Kier molecular flexibility index (Phi) is 9.70. The second kappa shape index (κ2) is 12.2. The fourth-order valence-electron chi connectivity index (χ4n) is 3.40. The van der Waals surface area contributed by atoms with Crippen LogP contribution in [0.2, 0.25) is 0 Å². The van der Waals surface area contributed by atoms with Gasteiger partial charge in [-0.15, -0.1) is 0 Å². The molecule has 0 atom stereocenters. The van der Waals surface area contributed by atoms with E-state index in [4.69, 9.17) is 9.47 Å². The van der Waals surface area contributed by atoms with Crippen LogP contribution in [-0.4, -0.2) is 22.9 Å². The number of fused-ring (bicyclic) bond motifs is 1. The first-order valence-electron chi connectivity index (χ1n) is 11.3. The second-order valence-electron chi connectivity index (χ2n) is 8.31. The Morgan fingerprint density at radius 2 is 1.84 bits per heavy atom. The number of aromatic nitrogens is 1. The van der Waals surface area contributed by atoms with Crippen LogP contribution >= 0.6 is 0 Å². The van der Waals surface area contributed by atoms with E-state index < -0.39 is 0 Å². The van der Waals surface area contributed by atoms with Gasteiger partial charge in [-0.25, -0.2) is 0 Å². The number of nitrogens with zero attached hydrogens (tertiary/aromatic N) is 1. The lowest BCUT2D eigenvalue weighted by Crippen LogP contribution is -2.21. The fourth-order valence-corrected chi connectivity index (χ4v) is 3.40. The van der Waals surface area contributed by atoms with Gasteiger partial charge < -0.3 is 19.1 Å². The van der Waals surface area contributed by atoms with Gasteiger partial charge in [0.05, 0.1) is 12.1 Å². The average Bonchev–Trinajstić information content (AvgIpc) is 2.72. The quantitative estimate of drug-likeness (QED) is 0.320. The molecule has 2 rings (SSSR count). The lowest BCUT2D eigenvalue weighted by molar-refractivity contribution is 0.273. The molecule has 1 aromatic heterocycles. The molecule has 0 aliphatic carbocycles. The van der Waals surface area contributed by atoms with Crippen molar-refractivity contribution in [1.82, 2.24) is 4.57 Å². The zero-order valence-corrected chi connectivity index (χ0v) is 19.7. The maximum absolute atomic E-state index is 13.0. The maximum atomic E-state index is 13.0. The average molecular weight is 428 g/mol. The molecular weight excluding hydrogens is 390 g/mol. The van der Waals surface area contributed by atoms with Gasteiger partial charge in [-0.3, -0.25) is 4.79 Å². The molecule has 0 amide bonds. The first kappa shape index (κ1) is 24.6. The predicted molar refractivity (Wildman–Crippen MR) is 128 cm³/mol. The van der Waals surface area contributed by atoms with Gasteiger partial charge in [0, 0.05) is 18.5 Å². The molecule has 0 saturated carbocycles. The molecule has 0 bridgehead atoms. The van der Waals surface area contributed by atoms with Crippen molar-refractivity contribution in [3.05, 3.63) is 51.9 Å². The summed E-state index contributed by atoms with van der Waals surface area (Å²) in [6.45, 7) is 9.29. The number of hydrogen-bond acceptors (Lipinski definition) is 4. The number of allylic oxidation sites excluding steroid dienone is 3. The van der Waals surface area contributed by atoms with Crippen molar-refractivity contribution in [3.63, 3.8) is 0 Å². The Hall–Kier alpha value is -2.69. The summed E-state index contributed by atoms with van der Waals surface area (Å²) in [6, 6.07) is 4.95. The molecule has 1 aromatic carbocycles. The van der Waals surface area contributed by atoms with Crippen LogP contribution in [0.3, 0.4) is 0 Å². The van der Waals surface area contributed by atoms with Crippen molar-refractivity contribution in [3.8, 4) is 17.2 Å². The predicted octanol–water partition coefficient (Wildman–Crippen LogP) is 6.27. The van der Waals surface area contributed by atoms with Gasteiger partial charge in [0.2, 0.25) is 5.75 Å². The van der Waals surface area contributed by atoms with Crippen LogP contribution in [0.1, 0.15) is 66.2 Å². The number of unbranched alkanes of at least 4 members (excludes halogenated alkanes) is 3. The maximum Gasteiger partial charge on any atom is 0.297 e. The van der Waals surface area contributed by atoms with Gasteiger partial charge in [0.15, 0.2) is 5.75 Å². The van der Waals surface area contributed by atoms with Crippen LogP contribution in [0.25, 0.3) is 10.9 Å². The number of benzene rings is 1. The Labute approximate surface area is 186 Å². The standard InChI is InChI=1S/C26H37NO4/c1-6-7-8-9-16-30-25-24(31-17-15-20(4)12-10-11-19(2)3)22-14-13-21(28)18-23(22)27(5)26(25)29/h11,13-15,18,28H,6-10,12,16-17H2,1-5H3/b20-15+. The minimum Gasteiger partial charge on any atom is -0.508 e. The van der Waals surface area contributed by atoms with E-state index >= 15 is 0 Å². The number of aryl methyl sites for hydroxylation is 1. The van der Waals surface area contributed by atoms with Crippen molar-refractivity contribution in [2.75, 3.05) is 13.2 Å². The second-order valence-corrected chi connectivity index (χ2v) is 8.31. The van der Waals surface area contributed by atoms with Gasteiger partial charge in [-0.05, 0) is 58.2 Å². The van der Waals surface area contributed by atoms with E-state index in [9.17, 15) is 9.90 Å². The SMILES string of the molecule is CCCCCCOc1c(OC/C=C(\C)CCC=C(C)C)c2ccc(O)cc2n(C)c1=O. The molecule has 0 fully saturated rings. The number of hydrogen-bond donors (Lipinski definition) is 1. The Bertz CT molecular complexity index is 981. The first-order valence-corrected chi connectivity index (χ1v) is 11.3. The Morgan fingerprint density at radius 3 is 2.55 bits per heavy atom. The molecule has 0 aliphatic rings. The van der Waals surface area contributed by atoms with Crippen LogP contribution in [0, 0.1) is 0 Å². The van der Waals surface area contributed by atoms with E-state index in [0.717, 1.165) is 43.9 Å². The molecule has 5 heteroatoms. The number of aromatic hydroxyl groups is 1. The number of ether oxygens (including phenoxy) is 2. The van der Waals surface area contributed by atoms with Crippen LogP contribution in [0.4, 0.5) is 0 Å². The van der Waals surface area contributed by atoms with Crippen LogP contribution < -0.4 is 15.0 Å². The molecule has 1 N–H and O–H groups in total. The summed E-state index contributed by atoms with van der Waals surface area (Å²) in [5.41, 5.74) is 2.92. The minimum atomic E-state index is -0.257. The number of phenols is 1. The third-order valence-electron chi connectivity index (χ3n) is 5.29. The smallest absolute Gasteiger partial charge is 0.297 e. The molecule has 31 heavy (non-hydrogen) atoms. The molecule has 2 aromatic rings. The van der Waals surface area contributed by atoms with Gasteiger partial charge in [0.1, 0.15) is 12.4 Å². The number of rotatable bonds is 12. The highest BCUT2D eigenvalue weighted by atomic mass is 16.5. The van der Waals surface area contributed by atoms with E-state index in [0.29, 0.717) is 24.5 Å². The van der Waals surface area contributed by atoms with Crippen LogP contribution in [0.5, 0.6) is 17.2 Å². The summed E-state index contributed by atoms with van der Waals surface area (Å²) in [6.07, 6.45) is 10.5. The monoisotopic (exact) mass is 427 g/mol. The lowest BCUT2D eigenvalue weighted by Gasteiger charge is -2.17. The highest BCUT2D eigenvalue weighted by Gasteiger charge is 2.18. The van der Waals surface area contributed by atoms with E-state index in [1.807, 2.05) is 6.08 Å². The van der Waals surface area contributed by atoms with Gasteiger partial charge >= 0.3 is 0 Å². The highest BCUT2D eigenvalue weighted by molar-refractivity contribution is 5.88. The molecular formula is C26H37NO4. The van der Waals surface area contributed by atoms with E-state index in [2.05, 4.69) is 33.8 Å². The third-order valence-corrected chi connectivity index (χ3v) is 5.29. The zero-order valence-electron chi connectivity index (χ0n) is 19.7. The zero-order chi connectivity index (χ0) is 22.8. The third kappa shape index (κ3) is 7.20. The van der Waals surface area contributed by atoms with Gasteiger partial charge in [-0.2, -0.15) is 0 Å². The number of phenolic OH excluding ortho intramolecular Hbond substituents is 1. The molecule has 0 aliphatic heterocycles.